The van der Waals surface area contributed by atoms with Gasteiger partial charge in [-0.25, -0.2) is 5.43 Å². The van der Waals surface area contributed by atoms with Crippen LogP contribution in [-0.2, 0) is 16.2 Å². The standard InChI is InChI=1S/C27H28BrN3O5/c1-4-34-23-13-9-8-12-22(23)30-26(32)27(33)31-29-16-19-14-21(28)25(24(15-19)35-5-2)36-17-20-11-7-6-10-18(20)3/h6-16H,4-5,17H2,1-3H3,(H,30,32)(H,31,33). The van der Waals surface area contributed by atoms with Crippen LogP contribution in [0.5, 0.6) is 17.2 Å². The van der Waals surface area contributed by atoms with Crippen molar-refractivity contribution in [3.8, 4) is 17.2 Å². The number of nitrogens with zero attached hydrogens (tertiary/aromatic N) is 1. The lowest BCUT2D eigenvalue weighted by molar-refractivity contribution is -0.136. The van der Waals surface area contributed by atoms with E-state index in [2.05, 4.69) is 31.8 Å². The van der Waals surface area contributed by atoms with Crippen LogP contribution in [0.3, 0.4) is 0 Å². The van der Waals surface area contributed by atoms with E-state index in [1.165, 1.54) is 6.21 Å². The van der Waals surface area contributed by atoms with Gasteiger partial charge in [0, 0.05) is 0 Å². The van der Waals surface area contributed by atoms with Crippen molar-refractivity contribution >= 4 is 39.6 Å². The molecule has 9 heteroatoms. The predicted molar refractivity (Wildman–Crippen MR) is 143 cm³/mol. The summed E-state index contributed by atoms with van der Waals surface area (Å²) in [6, 6.07) is 18.4. The maximum atomic E-state index is 12.3. The minimum atomic E-state index is -0.917. The number of halogens is 1. The Bertz CT molecular complexity index is 1250. The number of hydrogen-bond acceptors (Lipinski definition) is 6. The van der Waals surface area contributed by atoms with E-state index in [1.807, 2.05) is 45.0 Å². The van der Waals surface area contributed by atoms with E-state index < -0.39 is 11.8 Å². The number of hydrazone groups is 1. The zero-order chi connectivity index (χ0) is 25.9. The van der Waals surface area contributed by atoms with Gasteiger partial charge < -0.3 is 19.5 Å². The lowest BCUT2D eigenvalue weighted by atomic mass is 10.1. The highest BCUT2D eigenvalue weighted by Gasteiger charge is 2.16. The molecule has 0 atom stereocenters. The molecule has 3 aromatic carbocycles. The lowest BCUT2D eigenvalue weighted by Gasteiger charge is -2.15. The smallest absolute Gasteiger partial charge is 0.329 e. The first-order valence-electron chi connectivity index (χ1n) is 11.4. The van der Waals surface area contributed by atoms with Crippen LogP contribution >= 0.6 is 15.9 Å². The summed E-state index contributed by atoms with van der Waals surface area (Å²) in [5.41, 5.74) is 5.47. The molecular formula is C27H28BrN3O5. The number of aryl methyl sites for hydroxylation is 1. The van der Waals surface area contributed by atoms with Gasteiger partial charge in [-0.3, -0.25) is 9.59 Å². The number of benzene rings is 3. The van der Waals surface area contributed by atoms with E-state index in [0.717, 1.165) is 11.1 Å². The maximum Gasteiger partial charge on any atom is 0.329 e. The van der Waals surface area contributed by atoms with Gasteiger partial charge in [-0.2, -0.15) is 5.10 Å². The summed E-state index contributed by atoms with van der Waals surface area (Å²) >= 11 is 3.53. The number of hydrogen-bond donors (Lipinski definition) is 2. The minimum Gasteiger partial charge on any atom is -0.492 e. The van der Waals surface area contributed by atoms with Gasteiger partial charge >= 0.3 is 11.8 Å². The van der Waals surface area contributed by atoms with E-state index in [1.54, 1.807) is 36.4 Å². The highest BCUT2D eigenvalue weighted by molar-refractivity contribution is 9.10. The number of amides is 2. The molecule has 2 amide bonds. The minimum absolute atomic E-state index is 0.385. The molecule has 0 aliphatic rings. The lowest BCUT2D eigenvalue weighted by Crippen LogP contribution is -2.32. The van der Waals surface area contributed by atoms with E-state index in [4.69, 9.17) is 14.2 Å². The van der Waals surface area contributed by atoms with E-state index >= 15 is 0 Å². The summed E-state index contributed by atoms with van der Waals surface area (Å²) in [5.74, 6) is -0.217. The number of nitrogens with one attached hydrogen (secondary N) is 2. The summed E-state index contributed by atoms with van der Waals surface area (Å²) in [6.07, 6.45) is 1.41. The molecule has 0 bridgehead atoms. The van der Waals surface area contributed by atoms with Crippen molar-refractivity contribution in [2.45, 2.75) is 27.4 Å². The highest BCUT2D eigenvalue weighted by Crippen LogP contribution is 2.37. The molecule has 36 heavy (non-hydrogen) atoms. The van der Waals surface area contributed by atoms with E-state index in [-0.39, 0.29) is 0 Å². The molecular weight excluding hydrogens is 526 g/mol. The molecule has 2 N–H and O–H groups in total. The van der Waals surface area contributed by atoms with Gasteiger partial charge in [0.1, 0.15) is 12.4 Å². The van der Waals surface area contributed by atoms with Crippen molar-refractivity contribution in [1.29, 1.82) is 0 Å². The number of carbonyl (C=O) groups is 2. The Morgan fingerprint density at radius 1 is 0.917 bits per heavy atom. The number of carbonyl (C=O) groups excluding carboxylic acids is 2. The van der Waals surface area contributed by atoms with Crippen LogP contribution in [0.4, 0.5) is 5.69 Å². The Morgan fingerprint density at radius 3 is 2.36 bits per heavy atom. The molecule has 0 saturated carbocycles. The van der Waals surface area contributed by atoms with Crippen LogP contribution in [0.15, 0.2) is 70.2 Å². The molecule has 0 saturated heterocycles. The van der Waals surface area contributed by atoms with Crippen molar-refractivity contribution in [3.05, 3.63) is 81.8 Å². The van der Waals surface area contributed by atoms with Gasteiger partial charge in [-0.05, 0) is 77.7 Å². The first-order valence-corrected chi connectivity index (χ1v) is 12.2. The van der Waals surface area contributed by atoms with Gasteiger partial charge in [-0.15, -0.1) is 0 Å². The number of anilines is 1. The van der Waals surface area contributed by atoms with Gasteiger partial charge in [0.05, 0.1) is 29.6 Å². The summed E-state index contributed by atoms with van der Waals surface area (Å²) in [6.45, 7) is 6.99. The fourth-order valence-corrected chi connectivity index (χ4v) is 3.81. The largest absolute Gasteiger partial charge is 0.492 e. The molecule has 0 aliphatic carbocycles. The molecule has 0 unspecified atom stereocenters. The fourth-order valence-electron chi connectivity index (χ4n) is 3.23. The molecule has 0 radical (unpaired) electrons. The first-order chi connectivity index (χ1) is 17.4. The van der Waals surface area contributed by atoms with Crippen LogP contribution in [0.1, 0.15) is 30.5 Å². The van der Waals surface area contributed by atoms with Crippen LogP contribution in [0.25, 0.3) is 0 Å². The first kappa shape index (κ1) is 26.7. The van der Waals surface area contributed by atoms with Crippen molar-refractivity contribution in [2.75, 3.05) is 18.5 Å². The Balaban J connectivity index is 1.66. The molecule has 3 aromatic rings. The summed E-state index contributed by atoms with van der Waals surface area (Å²) < 4.78 is 17.9. The molecule has 0 spiro atoms. The number of ether oxygens (including phenoxy) is 3. The second kappa shape index (κ2) is 13.3. The van der Waals surface area contributed by atoms with Crippen LogP contribution in [-0.4, -0.2) is 31.2 Å². The Hall–Kier alpha value is -3.85. The third kappa shape index (κ3) is 7.32. The normalized spacial score (nSPS) is 10.7. The summed E-state index contributed by atoms with van der Waals surface area (Å²) in [4.78, 5) is 24.5. The highest BCUT2D eigenvalue weighted by atomic mass is 79.9. The number of para-hydroxylation sites is 2. The van der Waals surface area contributed by atoms with Crippen molar-refractivity contribution < 1.29 is 23.8 Å². The Kier molecular flexibility index (Phi) is 9.88. The van der Waals surface area contributed by atoms with E-state index in [0.29, 0.717) is 52.8 Å². The van der Waals surface area contributed by atoms with Gasteiger partial charge in [0.15, 0.2) is 11.5 Å². The maximum absolute atomic E-state index is 12.3. The second-order valence-electron chi connectivity index (χ2n) is 7.56. The fraction of sp³-hybridized carbons (Fsp3) is 0.222. The van der Waals surface area contributed by atoms with Crippen LogP contribution in [0.2, 0.25) is 0 Å². The van der Waals surface area contributed by atoms with Crippen LogP contribution < -0.4 is 25.0 Å². The zero-order valence-electron chi connectivity index (χ0n) is 20.3. The quantitative estimate of drug-likeness (QED) is 0.203. The monoisotopic (exact) mass is 553 g/mol. The molecule has 3 rings (SSSR count). The third-order valence-corrected chi connectivity index (χ3v) is 5.58. The average molecular weight is 554 g/mol. The second-order valence-corrected chi connectivity index (χ2v) is 8.41. The zero-order valence-corrected chi connectivity index (χ0v) is 21.9. The van der Waals surface area contributed by atoms with Gasteiger partial charge in [0.2, 0.25) is 0 Å². The average Bonchev–Trinajstić information content (AvgIpc) is 2.86. The van der Waals surface area contributed by atoms with Crippen LogP contribution in [0, 0.1) is 6.92 Å². The van der Waals surface area contributed by atoms with E-state index in [9.17, 15) is 9.59 Å². The molecule has 8 nitrogen and oxygen atoms in total. The van der Waals surface area contributed by atoms with Gasteiger partial charge in [-0.1, -0.05) is 36.4 Å². The predicted octanol–water partition coefficient (Wildman–Crippen LogP) is 5.22. The topological polar surface area (TPSA) is 98.2 Å². The summed E-state index contributed by atoms with van der Waals surface area (Å²) in [5, 5.41) is 6.43. The number of rotatable bonds is 10. The molecule has 0 aromatic heterocycles. The molecule has 188 valence electrons. The van der Waals surface area contributed by atoms with Crippen molar-refractivity contribution in [3.63, 3.8) is 0 Å². The molecule has 0 fully saturated rings. The Morgan fingerprint density at radius 2 is 1.61 bits per heavy atom. The molecule has 0 aliphatic heterocycles. The third-order valence-electron chi connectivity index (χ3n) is 4.99. The molecule has 0 heterocycles. The SMILES string of the molecule is CCOc1ccccc1NC(=O)C(=O)NN=Cc1cc(Br)c(OCc2ccccc2C)c(OCC)c1. The van der Waals surface area contributed by atoms with Gasteiger partial charge in [0.25, 0.3) is 0 Å². The van der Waals surface area contributed by atoms with Crippen molar-refractivity contribution in [2.24, 2.45) is 5.10 Å². The summed E-state index contributed by atoms with van der Waals surface area (Å²) in [7, 11) is 0. The Labute approximate surface area is 218 Å². The van der Waals surface area contributed by atoms with Crippen molar-refractivity contribution in [1.82, 2.24) is 5.43 Å².